The summed E-state index contributed by atoms with van der Waals surface area (Å²) in [6.45, 7) is 5.73. The molecule has 1 heterocycles. The van der Waals surface area contributed by atoms with E-state index >= 15 is 0 Å². The van der Waals surface area contributed by atoms with E-state index in [0.29, 0.717) is 43.9 Å². The van der Waals surface area contributed by atoms with Crippen LogP contribution in [0.1, 0.15) is 44.3 Å². The van der Waals surface area contributed by atoms with Gasteiger partial charge in [-0.05, 0) is 38.5 Å². The van der Waals surface area contributed by atoms with Crippen molar-refractivity contribution in [3.05, 3.63) is 11.7 Å². The van der Waals surface area contributed by atoms with Gasteiger partial charge in [0.05, 0.1) is 18.8 Å². The van der Waals surface area contributed by atoms with Crippen LogP contribution in [0, 0.1) is 12.8 Å². The molecule has 0 radical (unpaired) electrons. The summed E-state index contributed by atoms with van der Waals surface area (Å²) < 4.78 is 10.8. The Balaban J connectivity index is 1.50. The predicted octanol–water partition coefficient (Wildman–Crippen LogP) is 1.47. The van der Waals surface area contributed by atoms with Crippen molar-refractivity contribution in [3.8, 4) is 0 Å². The van der Waals surface area contributed by atoms with E-state index in [1.165, 1.54) is 12.8 Å². The van der Waals surface area contributed by atoms with Crippen LogP contribution in [0.4, 0.5) is 0 Å². The molecule has 6 nitrogen and oxygen atoms in total. The van der Waals surface area contributed by atoms with Gasteiger partial charge in [0, 0.05) is 19.5 Å². The maximum absolute atomic E-state index is 9.89. The quantitative estimate of drug-likeness (QED) is 0.707. The van der Waals surface area contributed by atoms with Gasteiger partial charge in [0.2, 0.25) is 5.89 Å². The molecule has 0 aromatic carbocycles. The van der Waals surface area contributed by atoms with Crippen molar-refractivity contribution in [3.63, 3.8) is 0 Å². The summed E-state index contributed by atoms with van der Waals surface area (Å²) in [5.74, 6) is 2.10. The first-order valence-corrected chi connectivity index (χ1v) is 7.93. The molecule has 1 atom stereocenters. The van der Waals surface area contributed by atoms with Gasteiger partial charge in [-0.25, -0.2) is 0 Å². The van der Waals surface area contributed by atoms with Gasteiger partial charge in [-0.1, -0.05) is 12.1 Å². The number of hydrogen-bond donors (Lipinski definition) is 2. The zero-order chi connectivity index (χ0) is 15.1. The van der Waals surface area contributed by atoms with Gasteiger partial charge < -0.3 is 19.7 Å². The smallest absolute Gasteiger partial charge is 0.227 e. The lowest BCUT2D eigenvalue weighted by atomic mass is 9.89. The molecule has 120 valence electrons. The van der Waals surface area contributed by atoms with Crippen LogP contribution in [-0.2, 0) is 11.2 Å². The molecule has 0 saturated heterocycles. The molecule has 6 heteroatoms. The zero-order valence-corrected chi connectivity index (χ0v) is 13.0. The standard InChI is InChI=1S/C15H27N3O3/c1-11-3-5-14(6-4-11)20-10-13(19)9-16-8-7-15-17-12(2)18-21-15/h11,13-14,16,19H,3-10H2,1-2H3. The molecule has 21 heavy (non-hydrogen) atoms. The van der Waals surface area contributed by atoms with E-state index in [9.17, 15) is 5.11 Å². The second kappa shape index (κ2) is 8.46. The molecular weight excluding hydrogens is 270 g/mol. The number of aliphatic hydroxyl groups excluding tert-OH is 1. The van der Waals surface area contributed by atoms with E-state index in [4.69, 9.17) is 9.26 Å². The van der Waals surface area contributed by atoms with E-state index in [1.54, 1.807) is 6.92 Å². The van der Waals surface area contributed by atoms with Gasteiger partial charge in [0.25, 0.3) is 0 Å². The van der Waals surface area contributed by atoms with Crippen LogP contribution < -0.4 is 5.32 Å². The van der Waals surface area contributed by atoms with E-state index in [0.717, 1.165) is 18.8 Å². The molecule has 1 unspecified atom stereocenters. The lowest BCUT2D eigenvalue weighted by Crippen LogP contribution is -2.33. The number of nitrogens with one attached hydrogen (secondary N) is 1. The molecule has 1 aliphatic rings. The van der Waals surface area contributed by atoms with E-state index in [2.05, 4.69) is 22.4 Å². The monoisotopic (exact) mass is 297 g/mol. The minimum atomic E-state index is -0.464. The molecule has 1 aromatic heterocycles. The number of aromatic nitrogens is 2. The summed E-state index contributed by atoms with van der Waals surface area (Å²) in [6.07, 6.45) is 5.27. The Labute approximate surface area is 126 Å². The summed E-state index contributed by atoms with van der Waals surface area (Å²) in [7, 11) is 0. The van der Waals surface area contributed by atoms with Crippen LogP contribution in [0.15, 0.2) is 4.52 Å². The molecule has 2 rings (SSSR count). The molecule has 0 bridgehead atoms. The molecule has 0 spiro atoms. The van der Waals surface area contributed by atoms with Crippen molar-refractivity contribution in [2.24, 2.45) is 5.92 Å². The average molecular weight is 297 g/mol. The summed E-state index contributed by atoms with van der Waals surface area (Å²) in [5, 5.41) is 16.8. The van der Waals surface area contributed by atoms with Gasteiger partial charge in [-0.15, -0.1) is 0 Å². The minimum Gasteiger partial charge on any atom is -0.389 e. The third kappa shape index (κ3) is 6.11. The number of aryl methyl sites for hydroxylation is 1. The maximum Gasteiger partial charge on any atom is 0.227 e. The van der Waals surface area contributed by atoms with Crippen LogP contribution >= 0.6 is 0 Å². The van der Waals surface area contributed by atoms with Crippen molar-refractivity contribution >= 4 is 0 Å². The van der Waals surface area contributed by atoms with Crippen LogP contribution in [0.2, 0.25) is 0 Å². The molecule has 0 amide bonds. The number of ether oxygens (including phenoxy) is 1. The van der Waals surface area contributed by atoms with E-state index in [1.807, 2.05) is 0 Å². The summed E-state index contributed by atoms with van der Waals surface area (Å²) >= 11 is 0. The van der Waals surface area contributed by atoms with Gasteiger partial charge in [-0.3, -0.25) is 0 Å². The lowest BCUT2D eigenvalue weighted by molar-refractivity contribution is -0.0277. The Hall–Kier alpha value is -0.980. The number of rotatable bonds is 8. The number of aliphatic hydroxyl groups is 1. The molecule has 2 N–H and O–H groups in total. The highest BCUT2D eigenvalue weighted by Crippen LogP contribution is 2.25. The second-order valence-corrected chi connectivity index (χ2v) is 6.06. The Morgan fingerprint density at radius 1 is 1.38 bits per heavy atom. The lowest BCUT2D eigenvalue weighted by Gasteiger charge is -2.27. The SMILES string of the molecule is Cc1noc(CCNCC(O)COC2CCC(C)CC2)n1. The van der Waals surface area contributed by atoms with Crippen molar-refractivity contribution in [2.75, 3.05) is 19.7 Å². The first-order valence-electron chi connectivity index (χ1n) is 7.93. The van der Waals surface area contributed by atoms with Crippen LogP contribution in [-0.4, -0.2) is 47.2 Å². The van der Waals surface area contributed by atoms with Gasteiger partial charge >= 0.3 is 0 Å². The van der Waals surface area contributed by atoms with Gasteiger partial charge in [-0.2, -0.15) is 4.98 Å². The summed E-state index contributed by atoms with van der Waals surface area (Å²) in [5.41, 5.74) is 0. The van der Waals surface area contributed by atoms with Crippen LogP contribution in [0.5, 0.6) is 0 Å². The Kier molecular flexibility index (Phi) is 6.60. The molecule has 1 aromatic rings. The first kappa shape index (κ1) is 16.4. The molecule has 1 fully saturated rings. The van der Waals surface area contributed by atoms with E-state index < -0.39 is 6.10 Å². The van der Waals surface area contributed by atoms with Gasteiger partial charge in [0.15, 0.2) is 5.82 Å². The number of nitrogens with zero attached hydrogens (tertiary/aromatic N) is 2. The highest BCUT2D eigenvalue weighted by Gasteiger charge is 2.19. The third-order valence-corrected chi connectivity index (χ3v) is 3.95. The fourth-order valence-electron chi connectivity index (χ4n) is 2.61. The van der Waals surface area contributed by atoms with Gasteiger partial charge in [0.1, 0.15) is 0 Å². The first-order chi connectivity index (χ1) is 10.1. The number of hydrogen-bond acceptors (Lipinski definition) is 6. The van der Waals surface area contributed by atoms with E-state index in [-0.39, 0.29) is 0 Å². The second-order valence-electron chi connectivity index (χ2n) is 6.06. The summed E-state index contributed by atoms with van der Waals surface area (Å²) in [4.78, 5) is 4.13. The highest BCUT2D eigenvalue weighted by molar-refractivity contribution is 4.83. The Morgan fingerprint density at radius 3 is 2.81 bits per heavy atom. The Morgan fingerprint density at radius 2 is 2.14 bits per heavy atom. The topological polar surface area (TPSA) is 80.4 Å². The highest BCUT2D eigenvalue weighted by atomic mass is 16.5. The molecule has 0 aliphatic heterocycles. The zero-order valence-electron chi connectivity index (χ0n) is 13.0. The largest absolute Gasteiger partial charge is 0.389 e. The van der Waals surface area contributed by atoms with Crippen molar-refractivity contribution in [1.82, 2.24) is 15.5 Å². The third-order valence-electron chi connectivity index (χ3n) is 3.95. The molecule has 1 saturated carbocycles. The molecule has 1 aliphatic carbocycles. The minimum absolute atomic E-state index is 0.331. The van der Waals surface area contributed by atoms with Crippen molar-refractivity contribution in [1.29, 1.82) is 0 Å². The van der Waals surface area contributed by atoms with Crippen molar-refractivity contribution < 1.29 is 14.4 Å². The fraction of sp³-hybridized carbons (Fsp3) is 0.867. The molecular formula is C15H27N3O3. The van der Waals surface area contributed by atoms with Crippen LogP contribution in [0.3, 0.4) is 0 Å². The maximum atomic E-state index is 9.89. The normalized spacial score (nSPS) is 24.1. The average Bonchev–Trinajstić information content (AvgIpc) is 2.89. The summed E-state index contributed by atoms with van der Waals surface area (Å²) in [6, 6.07) is 0. The van der Waals surface area contributed by atoms with Crippen LogP contribution in [0.25, 0.3) is 0 Å². The Bertz CT molecular complexity index is 403. The predicted molar refractivity (Wildman–Crippen MR) is 79.0 cm³/mol. The fourth-order valence-corrected chi connectivity index (χ4v) is 2.61. The van der Waals surface area contributed by atoms with Crippen molar-refractivity contribution in [2.45, 2.75) is 58.2 Å².